The fraction of sp³-hybridized carbons (Fsp3) is 0. The molecule has 104 valence electrons. The minimum atomic E-state index is -0.617. The molecule has 0 unspecified atom stereocenters. The lowest BCUT2D eigenvalue weighted by Gasteiger charge is -1.98. The molecule has 2 heterocycles. The molecular formula is C15H8BrFN2O2. The van der Waals surface area contributed by atoms with Crippen molar-refractivity contribution in [3.8, 4) is 0 Å². The molecule has 3 rings (SSSR count). The second kappa shape index (κ2) is 5.57. The molecule has 0 spiro atoms. The summed E-state index contributed by atoms with van der Waals surface area (Å²) in [4.78, 5) is 19.9. The third-order valence-electron chi connectivity index (χ3n) is 2.77. The molecular weight excluding hydrogens is 339 g/mol. The van der Waals surface area contributed by atoms with E-state index in [1.807, 2.05) is 0 Å². The quantitative estimate of drug-likeness (QED) is 0.619. The van der Waals surface area contributed by atoms with Gasteiger partial charge in [0.05, 0.1) is 5.56 Å². The van der Waals surface area contributed by atoms with Crippen LogP contribution in [0.2, 0.25) is 0 Å². The molecule has 0 saturated carbocycles. The zero-order valence-corrected chi connectivity index (χ0v) is 12.2. The zero-order chi connectivity index (χ0) is 14.8. The van der Waals surface area contributed by atoms with E-state index in [-0.39, 0.29) is 17.2 Å². The molecule has 4 nitrogen and oxygen atoms in total. The molecule has 0 aliphatic carbocycles. The molecule has 0 saturated heterocycles. The number of halogens is 2. The fourth-order valence-corrected chi connectivity index (χ4v) is 2.17. The number of rotatable bonds is 2. The van der Waals surface area contributed by atoms with Gasteiger partial charge < -0.3 is 4.74 Å². The Balaban J connectivity index is 1.98. The maximum atomic E-state index is 13.6. The molecule has 1 aromatic carbocycles. The number of aliphatic imine (C=N–C) groups is 1. The third-order valence-corrected chi connectivity index (χ3v) is 3.20. The van der Waals surface area contributed by atoms with Gasteiger partial charge in [-0.15, -0.1) is 0 Å². The van der Waals surface area contributed by atoms with E-state index in [9.17, 15) is 9.18 Å². The summed E-state index contributed by atoms with van der Waals surface area (Å²) in [5, 5.41) is 0. The highest BCUT2D eigenvalue weighted by Gasteiger charge is 2.24. The molecule has 6 heteroatoms. The molecule has 1 aromatic heterocycles. The van der Waals surface area contributed by atoms with Gasteiger partial charge in [0, 0.05) is 22.4 Å². The van der Waals surface area contributed by atoms with Gasteiger partial charge in [-0.05, 0) is 34.1 Å². The summed E-state index contributed by atoms with van der Waals surface area (Å²) in [7, 11) is 0. The van der Waals surface area contributed by atoms with E-state index < -0.39 is 11.8 Å². The van der Waals surface area contributed by atoms with Crippen LogP contribution >= 0.6 is 15.9 Å². The highest BCUT2D eigenvalue weighted by molar-refractivity contribution is 9.10. The maximum absolute atomic E-state index is 13.6. The number of carbonyl (C=O) groups excluding carboxylic acids is 1. The van der Waals surface area contributed by atoms with Gasteiger partial charge >= 0.3 is 5.97 Å². The lowest BCUT2D eigenvalue weighted by molar-refractivity contribution is -0.129. The summed E-state index contributed by atoms with van der Waals surface area (Å²) in [6.07, 6.45) is 4.50. The Morgan fingerprint density at radius 2 is 2.05 bits per heavy atom. The highest BCUT2D eigenvalue weighted by Crippen LogP contribution is 2.21. The van der Waals surface area contributed by atoms with E-state index in [0.717, 1.165) is 4.47 Å². The van der Waals surface area contributed by atoms with Crippen LogP contribution in [-0.4, -0.2) is 16.9 Å². The first kappa shape index (κ1) is 13.6. The molecule has 0 fully saturated rings. The second-order valence-corrected chi connectivity index (χ2v) is 5.17. The number of carbonyl (C=O) groups is 1. The predicted molar refractivity (Wildman–Crippen MR) is 78.9 cm³/mol. The van der Waals surface area contributed by atoms with Crippen molar-refractivity contribution in [3.05, 3.63) is 69.8 Å². The number of cyclic esters (lactones) is 1. The van der Waals surface area contributed by atoms with Crippen LogP contribution in [0.1, 0.15) is 11.1 Å². The normalized spacial score (nSPS) is 16.0. The molecule has 1 aliphatic rings. The van der Waals surface area contributed by atoms with Gasteiger partial charge in [0.25, 0.3) is 0 Å². The molecule has 0 amide bonds. The van der Waals surface area contributed by atoms with E-state index in [4.69, 9.17) is 4.74 Å². The van der Waals surface area contributed by atoms with E-state index in [2.05, 4.69) is 25.9 Å². The van der Waals surface area contributed by atoms with Gasteiger partial charge in [-0.3, -0.25) is 4.98 Å². The average Bonchev–Trinajstić information content (AvgIpc) is 2.83. The standard InChI is InChI=1S/C15H8BrFN2O2/c16-11-5-10(7-18-8-11)14-19-13(15(20)21-14)6-9-3-1-2-4-12(9)17/h1-8H/b13-6-. The second-order valence-electron chi connectivity index (χ2n) is 4.25. The molecule has 0 bridgehead atoms. The van der Waals surface area contributed by atoms with Crippen molar-refractivity contribution in [3.63, 3.8) is 0 Å². The van der Waals surface area contributed by atoms with Crippen LogP contribution in [0.15, 0.2) is 57.9 Å². The van der Waals surface area contributed by atoms with Gasteiger partial charge in [0.2, 0.25) is 5.90 Å². The maximum Gasteiger partial charge on any atom is 0.363 e. The summed E-state index contributed by atoms with van der Waals surface area (Å²) >= 11 is 3.28. The predicted octanol–water partition coefficient (Wildman–Crippen LogP) is 3.33. The molecule has 21 heavy (non-hydrogen) atoms. The van der Waals surface area contributed by atoms with Crippen LogP contribution in [0, 0.1) is 5.82 Å². The summed E-state index contributed by atoms with van der Waals surface area (Å²) in [6, 6.07) is 7.86. The van der Waals surface area contributed by atoms with Crippen molar-refractivity contribution < 1.29 is 13.9 Å². The number of hydrogen-bond donors (Lipinski definition) is 0. The number of pyridine rings is 1. The molecule has 2 aromatic rings. The first-order chi connectivity index (χ1) is 10.1. The van der Waals surface area contributed by atoms with Crippen molar-refractivity contribution in [1.29, 1.82) is 0 Å². The Kier molecular flexibility index (Phi) is 3.62. The highest BCUT2D eigenvalue weighted by atomic mass is 79.9. The van der Waals surface area contributed by atoms with E-state index in [1.54, 1.807) is 30.5 Å². The molecule has 0 radical (unpaired) electrons. The van der Waals surface area contributed by atoms with E-state index in [0.29, 0.717) is 5.56 Å². The van der Waals surface area contributed by atoms with Crippen LogP contribution < -0.4 is 0 Å². The largest absolute Gasteiger partial charge is 0.402 e. The smallest absolute Gasteiger partial charge is 0.363 e. The Morgan fingerprint density at radius 1 is 1.24 bits per heavy atom. The average molecular weight is 347 g/mol. The Morgan fingerprint density at radius 3 is 2.81 bits per heavy atom. The number of benzene rings is 1. The Hall–Kier alpha value is -2.34. The Labute approximate surface area is 128 Å². The third kappa shape index (κ3) is 2.90. The summed E-state index contributed by atoms with van der Waals surface area (Å²) in [6.45, 7) is 0. The van der Waals surface area contributed by atoms with Crippen LogP contribution in [0.3, 0.4) is 0 Å². The number of aromatic nitrogens is 1. The number of ether oxygens (including phenoxy) is 1. The van der Waals surface area contributed by atoms with Gasteiger partial charge in [0.15, 0.2) is 5.70 Å². The minimum absolute atomic E-state index is 0.0510. The fourth-order valence-electron chi connectivity index (χ4n) is 1.80. The van der Waals surface area contributed by atoms with Crippen molar-refractivity contribution in [2.45, 2.75) is 0 Å². The van der Waals surface area contributed by atoms with Gasteiger partial charge in [0.1, 0.15) is 5.82 Å². The van der Waals surface area contributed by atoms with Crippen molar-refractivity contribution >= 4 is 33.9 Å². The van der Waals surface area contributed by atoms with Crippen LogP contribution in [0.25, 0.3) is 6.08 Å². The SMILES string of the molecule is O=C1OC(c2cncc(Br)c2)=N/C1=C\c1ccccc1F. The lowest BCUT2D eigenvalue weighted by Crippen LogP contribution is -2.05. The minimum Gasteiger partial charge on any atom is -0.402 e. The molecule has 0 atom stereocenters. The number of hydrogen-bond acceptors (Lipinski definition) is 4. The summed E-state index contributed by atoms with van der Waals surface area (Å²) < 4.78 is 19.4. The Bertz CT molecular complexity index is 787. The van der Waals surface area contributed by atoms with E-state index >= 15 is 0 Å². The monoisotopic (exact) mass is 346 g/mol. The molecule has 0 N–H and O–H groups in total. The van der Waals surface area contributed by atoms with Crippen molar-refractivity contribution in [2.75, 3.05) is 0 Å². The number of esters is 1. The first-order valence-corrected chi connectivity index (χ1v) is 6.81. The van der Waals surface area contributed by atoms with Gasteiger partial charge in [-0.1, -0.05) is 18.2 Å². The topological polar surface area (TPSA) is 51.5 Å². The van der Waals surface area contributed by atoms with E-state index in [1.165, 1.54) is 18.3 Å². The number of nitrogens with zero attached hydrogens (tertiary/aromatic N) is 2. The van der Waals surface area contributed by atoms with Crippen LogP contribution in [0.5, 0.6) is 0 Å². The first-order valence-electron chi connectivity index (χ1n) is 6.01. The lowest BCUT2D eigenvalue weighted by atomic mass is 10.2. The zero-order valence-electron chi connectivity index (χ0n) is 10.6. The summed E-state index contributed by atoms with van der Waals surface area (Å²) in [5.74, 6) is -0.893. The van der Waals surface area contributed by atoms with Crippen LogP contribution in [-0.2, 0) is 9.53 Å². The van der Waals surface area contributed by atoms with Crippen LogP contribution in [0.4, 0.5) is 4.39 Å². The van der Waals surface area contributed by atoms with Crippen molar-refractivity contribution in [2.24, 2.45) is 4.99 Å². The summed E-state index contributed by atoms with van der Waals surface area (Å²) in [5.41, 5.74) is 0.895. The molecule has 1 aliphatic heterocycles. The van der Waals surface area contributed by atoms with Crippen molar-refractivity contribution in [1.82, 2.24) is 4.98 Å². The van der Waals surface area contributed by atoms with Gasteiger partial charge in [-0.25, -0.2) is 14.2 Å². The van der Waals surface area contributed by atoms with Gasteiger partial charge in [-0.2, -0.15) is 0 Å².